The zero-order valence-electron chi connectivity index (χ0n) is 12.4. The number of halogens is 1. The van der Waals surface area contributed by atoms with Gasteiger partial charge in [0.2, 0.25) is 5.89 Å². The second-order valence-corrected chi connectivity index (χ2v) is 6.74. The van der Waals surface area contributed by atoms with Crippen molar-refractivity contribution in [1.29, 1.82) is 0 Å². The Morgan fingerprint density at radius 1 is 1.41 bits per heavy atom. The van der Waals surface area contributed by atoms with E-state index in [0.717, 1.165) is 23.1 Å². The Bertz CT molecular complexity index is 605. The molecule has 0 amide bonds. The van der Waals surface area contributed by atoms with E-state index in [9.17, 15) is 0 Å². The summed E-state index contributed by atoms with van der Waals surface area (Å²) in [5.74, 6) is 3.40. The Labute approximate surface area is 139 Å². The van der Waals surface area contributed by atoms with Crippen LogP contribution in [0.15, 0.2) is 28.8 Å². The number of benzene rings is 1. The van der Waals surface area contributed by atoms with Gasteiger partial charge in [-0.3, -0.25) is 4.90 Å². The molecule has 7 heteroatoms. The molecule has 5 nitrogen and oxygen atoms in total. The van der Waals surface area contributed by atoms with Gasteiger partial charge < -0.3 is 9.26 Å². The Hall–Kier alpha value is -1.08. The third-order valence-corrected chi connectivity index (χ3v) is 4.89. The van der Waals surface area contributed by atoms with Crippen LogP contribution < -0.4 is 0 Å². The van der Waals surface area contributed by atoms with Crippen LogP contribution >= 0.6 is 23.4 Å². The SMILES string of the molecule is COCc1noc(CN2CCSCC2c2ccc(Cl)cc2)n1. The molecule has 118 valence electrons. The Morgan fingerprint density at radius 2 is 2.23 bits per heavy atom. The first-order chi connectivity index (χ1) is 10.8. The van der Waals surface area contributed by atoms with E-state index >= 15 is 0 Å². The fraction of sp³-hybridized carbons (Fsp3) is 0.467. The highest BCUT2D eigenvalue weighted by Crippen LogP contribution is 2.31. The highest BCUT2D eigenvalue weighted by molar-refractivity contribution is 7.99. The molecule has 0 aliphatic carbocycles. The van der Waals surface area contributed by atoms with Gasteiger partial charge in [0.05, 0.1) is 6.54 Å². The van der Waals surface area contributed by atoms with Gasteiger partial charge in [0.15, 0.2) is 5.82 Å². The fourth-order valence-electron chi connectivity index (χ4n) is 2.54. The average molecular weight is 340 g/mol. The number of aromatic nitrogens is 2. The largest absolute Gasteiger partial charge is 0.377 e. The molecule has 0 saturated carbocycles. The van der Waals surface area contributed by atoms with Crippen molar-refractivity contribution < 1.29 is 9.26 Å². The second kappa shape index (κ2) is 7.46. The molecule has 3 rings (SSSR count). The van der Waals surface area contributed by atoms with Crippen molar-refractivity contribution in [3.63, 3.8) is 0 Å². The maximum Gasteiger partial charge on any atom is 0.240 e. The summed E-state index contributed by atoms with van der Waals surface area (Å²) in [6.45, 7) is 2.03. The third-order valence-electron chi connectivity index (χ3n) is 3.62. The van der Waals surface area contributed by atoms with E-state index in [1.165, 1.54) is 5.56 Å². The van der Waals surface area contributed by atoms with Crippen LogP contribution in [0.1, 0.15) is 23.3 Å². The number of ether oxygens (including phenoxy) is 1. The third kappa shape index (κ3) is 3.81. The molecule has 1 saturated heterocycles. The average Bonchev–Trinajstić information content (AvgIpc) is 2.96. The fourth-order valence-corrected chi connectivity index (χ4v) is 3.82. The van der Waals surface area contributed by atoms with E-state index in [0.29, 0.717) is 30.9 Å². The lowest BCUT2D eigenvalue weighted by Gasteiger charge is -2.34. The first kappa shape index (κ1) is 15.8. The molecular formula is C15H18ClN3O2S. The van der Waals surface area contributed by atoms with Crippen molar-refractivity contribution >= 4 is 23.4 Å². The second-order valence-electron chi connectivity index (χ2n) is 5.15. The predicted octanol–water partition coefficient (Wildman–Crippen LogP) is 3.16. The highest BCUT2D eigenvalue weighted by Gasteiger charge is 2.26. The smallest absolute Gasteiger partial charge is 0.240 e. The van der Waals surface area contributed by atoms with E-state index < -0.39 is 0 Å². The van der Waals surface area contributed by atoms with Crippen molar-refractivity contribution in [2.75, 3.05) is 25.2 Å². The first-order valence-electron chi connectivity index (χ1n) is 7.14. The minimum atomic E-state index is 0.341. The van der Waals surface area contributed by atoms with Gasteiger partial charge in [-0.25, -0.2) is 0 Å². The van der Waals surface area contributed by atoms with Gasteiger partial charge in [0.1, 0.15) is 6.61 Å². The van der Waals surface area contributed by atoms with Gasteiger partial charge >= 0.3 is 0 Å². The number of hydrogen-bond acceptors (Lipinski definition) is 6. The molecule has 1 unspecified atom stereocenters. The Balaban J connectivity index is 1.72. The van der Waals surface area contributed by atoms with Crippen molar-refractivity contribution in [1.82, 2.24) is 15.0 Å². The van der Waals surface area contributed by atoms with E-state index in [2.05, 4.69) is 27.2 Å². The molecular weight excluding hydrogens is 322 g/mol. The summed E-state index contributed by atoms with van der Waals surface area (Å²) in [7, 11) is 1.62. The molecule has 1 aliphatic heterocycles. The Morgan fingerprint density at radius 3 is 3.00 bits per heavy atom. The van der Waals surface area contributed by atoms with E-state index in [1.54, 1.807) is 7.11 Å². The normalized spacial score (nSPS) is 19.5. The van der Waals surface area contributed by atoms with Crippen molar-refractivity contribution in [2.24, 2.45) is 0 Å². The minimum Gasteiger partial charge on any atom is -0.377 e. The number of methoxy groups -OCH3 is 1. The number of thioether (sulfide) groups is 1. The van der Waals surface area contributed by atoms with Crippen LogP contribution in [0.25, 0.3) is 0 Å². The summed E-state index contributed by atoms with van der Waals surface area (Å²) < 4.78 is 10.3. The van der Waals surface area contributed by atoms with Crippen LogP contribution in [-0.4, -0.2) is 40.2 Å². The van der Waals surface area contributed by atoms with E-state index in [4.69, 9.17) is 20.9 Å². The van der Waals surface area contributed by atoms with E-state index in [1.807, 2.05) is 23.9 Å². The minimum absolute atomic E-state index is 0.341. The van der Waals surface area contributed by atoms with Gasteiger partial charge in [-0.05, 0) is 17.7 Å². The zero-order chi connectivity index (χ0) is 15.4. The lowest BCUT2D eigenvalue weighted by Crippen LogP contribution is -2.35. The molecule has 2 heterocycles. The van der Waals surface area contributed by atoms with Gasteiger partial charge in [-0.15, -0.1) is 0 Å². The maximum absolute atomic E-state index is 5.99. The molecule has 0 bridgehead atoms. The molecule has 1 aromatic carbocycles. The summed E-state index contributed by atoms with van der Waals surface area (Å²) in [5, 5.41) is 4.68. The van der Waals surface area contributed by atoms with Crippen molar-refractivity contribution in [3.8, 4) is 0 Å². The quantitative estimate of drug-likeness (QED) is 0.834. The van der Waals surface area contributed by atoms with Gasteiger partial charge in [-0.1, -0.05) is 28.9 Å². The van der Waals surface area contributed by atoms with Crippen molar-refractivity contribution in [3.05, 3.63) is 46.6 Å². The molecule has 1 atom stereocenters. The lowest BCUT2D eigenvalue weighted by molar-refractivity contribution is 0.173. The molecule has 0 radical (unpaired) electrons. The van der Waals surface area contributed by atoms with Crippen LogP contribution in [0.4, 0.5) is 0 Å². The number of hydrogen-bond donors (Lipinski definition) is 0. The number of rotatable bonds is 5. The predicted molar refractivity (Wildman–Crippen MR) is 86.9 cm³/mol. The van der Waals surface area contributed by atoms with Crippen molar-refractivity contribution in [2.45, 2.75) is 19.2 Å². The molecule has 0 N–H and O–H groups in total. The van der Waals surface area contributed by atoms with E-state index in [-0.39, 0.29) is 0 Å². The number of nitrogens with zero attached hydrogens (tertiary/aromatic N) is 3. The summed E-state index contributed by atoms with van der Waals surface area (Å²) in [6.07, 6.45) is 0. The molecule has 22 heavy (non-hydrogen) atoms. The van der Waals surface area contributed by atoms with Crippen LogP contribution in [0.2, 0.25) is 5.02 Å². The Kier molecular flexibility index (Phi) is 5.36. The molecule has 2 aromatic rings. The highest BCUT2D eigenvalue weighted by atomic mass is 35.5. The zero-order valence-corrected chi connectivity index (χ0v) is 13.9. The van der Waals surface area contributed by atoms with Crippen LogP contribution in [-0.2, 0) is 17.9 Å². The maximum atomic E-state index is 5.99. The monoisotopic (exact) mass is 339 g/mol. The summed E-state index contributed by atoms with van der Waals surface area (Å²) >= 11 is 7.95. The van der Waals surface area contributed by atoms with Crippen LogP contribution in [0.3, 0.4) is 0 Å². The van der Waals surface area contributed by atoms with Crippen LogP contribution in [0.5, 0.6) is 0 Å². The molecule has 1 aromatic heterocycles. The molecule has 1 fully saturated rings. The lowest BCUT2D eigenvalue weighted by atomic mass is 10.1. The molecule has 1 aliphatic rings. The molecule has 0 spiro atoms. The first-order valence-corrected chi connectivity index (χ1v) is 8.67. The summed E-state index contributed by atoms with van der Waals surface area (Å²) in [4.78, 5) is 6.74. The van der Waals surface area contributed by atoms with Gasteiger partial charge in [0.25, 0.3) is 0 Å². The van der Waals surface area contributed by atoms with Gasteiger partial charge in [0, 0.05) is 36.2 Å². The standard InChI is InChI=1S/C15H18ClN3O2S/c1-20-9-14-17-15(21-18-14)8-19-6-7-22-10-13(19)11-2-4-12(16)5-3-11/h2-5,13H,6-10H2,1H3. The summed E-state index contributed by atoms with van der Waals surface area (Å²) in [6, 6.07) is 8.41. The van der Waals surface area contributed by atoms with Crippen LogP contribution in [0, 0.1) is 0 Å². The topological polar surface area (TPSA) is 51.4 Å². The van der Waals surface area contributed by atoms with Gasteiger partial charge in [-0.2, -0.15) is 16.7 Å². The summed E-state index contributed by atoms with van der Waals surface area (Å²) in [5.41, 5.74) is 1.27.